The Labute approximate surface area is 102 Å². The van der Waals surface area contributed by atoms with Crippen LogP contribution in [0.25, 0.3) is 0 Å². The van der Waals surface area contributed by atoms with Gasteiger partial charge in [-0.05, 0) is 18.1 Å². The standard InChI is InChI=1S/C14H20O3/c1-2-3-4-5-12-8-6-11(10-14(16)17)7-9-13(12)15/h6-9,12,15H,2-5,10H2,1H3,(H,16,17). The summed E-state index contributed by atoms with van der Waals surface area (Å²) in [5.41, 5.74) is 0.724. The number of aliphatic hydroxyl groups is 1. The second kappa shape index (κ2) is 6.94. The van der Waals surface area contributed by atoms with E-state index in [1.54, 1.807) is 12.2 Å². The van der Waals surface area contributed by atoms with E-state index in [0.717, 1.165) is 31.3 Å². The fourth-order valence-electron chi connectivity index (χ4n) is 1.86. The number of aliphatic hydroxyl groups excluding tert-OH is 1. The Balaban J connectivity index is 2.59. The fraction of sp³-hybridized carbons (Fsp3) is 0.500. The topological polar surface area (TPSA) is 57.5 Å². The van der Waals surface area contributed by atoms with E-state index < -0.39 is 5.97 Å². The summed E-state index contributed by atoms with van der Waals surface area (Å²) in [6.45, 7) is 2.14. The smallest absolute Gasteiger partial charge is 0.307 e. The number of carboxylic acid groups (broad SMARTS) is 1. The predicted octanol–water partition coefficient (Wildman–Crippen LogP) is 3.60. The van der Waals surface area contributed by atoms with E-state index in [2.05, 4.69) is 6.92 Å². The average molecular weight is 236 g/mol. The van der Waals surface area contributed by atoms with Crippen molar-refractivity contribution in [3.05, 3.63) is 35.6 Å². The van der Waals surface area contributed by atoms with Gasteiger partial charge in [0, 0.05) is 5.92 Å². The van der Waals surface area contributed by atoms with E-state index in [4.69, 9.17) is 5.11 Å². The van der Waals surface area contributed by atoms with Crippen molar-refractivity contribution in [2.45, 2.75) is 39.0 Å². The summed E-state index contributed by atoms with van der Waals surface area (Å²) in [6.07, 6.45) is 11.3. The van der Waals surface area contributed by atoms with Gasteiger partial charge >= 0.3 is 5.97 Å². The van der Waals surface area contributed by atoms with Crippen molar-refractivity contribution < 1.29 is 15.0 Å². The molecule has 2 N–H and O–H groups in total. The number of hydrogen-bond donors (Lipinski definition) is 2. The summed E-state index contributed by atoms with van der Waals surface area (Å²) in [5, 5.41) is 18.5. The first-order valence-electron chi connectivity index (χ1n) is 6.13. The number of hydrogen-bond acceptors (Lipinski definition) is 2. The summed E-state index contributed by atoms with van der Waals surface area (Å²) in [7, 11) is 0. The fourth-order valence-corrected chi connectivity index (χ4v) is 1.86. The van der Waals surface area contributed by atoms with E-state index >= 15 is 0 Å². The molecule has 94 valence electrons. The molecule has 0 bridgehead atoms. The maximum absolute atomic E-state index is 10.6. The van der Waals surface area contributed by atoms with Crippen LogP contribution in [-0.4, -0.2) is 16.2 Å². The first-order chi connectivity index (χ1) is 8.13. The van der Waals surface area contributed by atoms with Crippen LogP contribution in [0.3, 0.4) is 0 Å². The molecule has 0 saturated carbocycles. The molecule has 0 spiro atoms. The molecule has 1 aliphatic carbocycles. The van der Waals surface area contributed by atoms with Crippen LogP contribution in [0.5, 0.6) is 0 Å². The van der Waals surface area contributed by atoms with E-state index in [-0.39, 0.29) is 12.3 Å². The normalized spacial score (nSPS) is 19.5. The zero-order chi connectivity index (χ0) is 12.7. The highest BCUT2D eigenvalue weighted by Crippen LogP contribution is 2.22. The van der Waals surface area contributed by atoms with Crippen LogP contribution in [0.4, 0.5) is 0 Å². The van der Waals surface area contributed by atoms with Gasteiger partial charge in [-0.3, -0.25) is 4.79 Å². The predicted molar refractivity (Wildman–Crippen MR) is 67.8 cm³/mol. The molecule has 1 rings (SSSR count). The second-order valence-electron chi connectivity index (χ2n) is 4.37. The lowest BCUT2D eigenvalue weighted by molar-refractivity contribution is -0.136. The molecule has 17 heavy (non-hydrogen) atoms. The van der Waals surface area contributed by atoms with Gasteiger partial charge < -0.3 is 10.2 Å². The summed E-state index contributed by atoms with van der Waals surface area (Å²) in [4.78, 5) is 10.6. The number of carboxylic acids is 1. The SMILES string of the molecule is CCCCCC1C=CC(CC(=O)O)=CC=C1O. The lowest BCUT2D eigenvalue weighted by atomic mass is 9.99. The van der Waals surface area contributed by atoms with Gasteiger partial charge in [0.15, 0.2) is 0 Å². The first-order valence-corrected chi connectivity index (χ1v) is 6.13. The zero-order valence-electron chi connectivity index (χ0n) is 10.2. The van der Waals surface area contributed by atoms with Crippen LogP contribution in [0.2, 0.25) is 0 Å². The second-order valence-corrected chi connectivity index (χ2v) is 4.37. The third-order valence-electron chi connectivity index (χ3n) is 2.86. The lowest BCUT2D eigenvalue weighted by Gasteiger charge is -2.10. The Morgan fingerprint density at radius 2 is 2.12 bits per heavy atom. The third kappa shape index (κ3) is 4.89. The quantitative estimate of drug-likeness (QED) is 0.693. The number of aliphatic carboxylic acids is 1. The third-order valence-corrected chi connectivity index (χ3v) is 2.86. The lowest BCUT2D eigenvalue weighted by Crippen LogP contribution is -2.00. The van der Waals surface area contributed by atoms with Crippen molar-refractivity contribution in [3.8, 4) is 0 Å². The largest absolute Gasteiger partial charge is 0.512 e. The molecule has 1 aliphatic rings. The van der Waals surface area contributed by atoms with Crippen LogP contribution < -0.4 is 0 Å². The summed E-state index contributed by atoms with van der Waals surface area (Å²) in [6, 6.07) is 0. The number of allylic oxidation sites excluding steroid dienone is 4. The Kier molecular flexibility index (Phi) is 5.53. The molecule has 0 radical (unpaired) electrons. The van der Waals surface area contributed by atoms with Crippen molar-refractivity contribution in [1.29, 1.82) is 0 Å². The zero-order valence-corrected chi connectivity index (χ0v) is 10.2. The van der Waals surface area contributed by atoms with Crippen molar-refractivity contribution in [1.82, 2.24) is 0 Å². The first kappa shape index (κ1) is 13.6. The number of carbonyl (C=O) groups is 1. The van der Waals surface area contributed by atoms with Gasteiger partial charge in [-0.2, -0.15) is 0 Å². The summed E-state index contributed by atoms with van der Waals surface area (Å²) in [5.74, 6) is -0.486. The van der Waals surface area contributed by atoms with Crippen LogP contribution in [0.1, 0.15) is 39.0 Å². The average Bonchev–Trinajstić information content (AvgIpc) is 2.43. The molecule has 3 nitrogen and oxygen atoms in total. The minimum absolute atomic E-state index is 0.00194. The van der Waals surface area contributed by atoms with Crippen LogP contribution in [0, 0.1) is 5.92 Å². The Bertz CT molecular complexity index is 350. The summed E-state index contributed by atoms with van der Waals surface area (Å²) < 4.78 is 0. The van der Waals surface area contributed by atoms with Gasteiger partial charge in [0.1, 0.15) is 0 Å². The Morgan fingerprint density at radius 1 is 1.35 bits per heavy atom. The molecule has 0 aliphatic heterocycles. The number of unbranched alkanes of at least 4 members (excludes halogenated alkanes) is 2. The van der Waals surface area contributed by atoms with Crippen molar-refractivity contribution in [2.75, 3.05) is 0 Å². The van der Waals surface area contributed by atoms with Crippen LogP contribution >= 0.6 is 0 Å². The van der Waals surface area contributed by atoms with Gasteiger partial charge in [0.25, 0.3) is 0 Å². The molecular formula is C14H20O3. The molecule has 1 atom stereocenters. The molecular weight excluding hydrogens is 216 g/mol. The molecule has 0 fully saturated rings. The van der Waals surface area contributed by atoms with Crippen LogP contribution in [-0.2, 0) is 4.79 Å². The van der Waals surface area contributed by atoms with E-state index in [1.807, 2.05) is 12.2 Å². The van der Waals surface area contributed by atoms with Gasteiger partial charge in [0.05, 0.1) is 12.2 Å². The molecule has 0 aromatic rings. The Hall–Kier alpha value is -1.51. The maximum Gasteiger partial charge on any atom is 0.307 e. The van der Waals surface area contributed by atoms with Crippen LogP contribution in [0.15, 0.2) is 35.6 Å². The van der Waals surface area contributed by atoms with E-state index in [1.165, 1.54) is 0 Å². The van der Waals surface area contributed by atoms with Crippen molar-refractivity contribution in [3.63, 3.8) is 0 Å². The molecule has 0 saturated heterocycles. The summed E-state index contributed by atoms with van der Waals surface area (Å²) >= 11 is 0. The highest BCUT2D eigenvalue weighted by atomic mass is 16.4. The molecule has 0 amide bonds. The van der Waals surface area contributed by atoms with Gasteiger partial charge in [-0.1, -0.05) is 44.4 Å². The van der Waals surface area contributed by atoms with Gasteiger partial charge in [-0.15, -0.1) is 0 Å². The molecule has 0 aromatic heterocycles. The molecule has 0 heterocycles. The molecule has 1 unspecified atom stereocenters. The van der Waals surface area contributed by atoms with Gasteiger partial charge in [0.2, 0.25) is 0 Å². The van der Waals surface area contributed by atoms with Crippen molar-refractivity contribution in [2.24, 2.45) is 5.92 Å². The van der Waals surface area contributed by atoms with Gasteiger partial charge in [-0.25, -0.2) is 0 Å². The van der Waals surface area contributed by atoms with E-state index in [9.17, 15) is 9.90 Å². The Morgan fingerprint density at radius 3 is 2.76 bits per heavy atom. The highest BCUT2D eigenvalue weighted by molar-refractivity contribution is 5.71. The van der Waals surface area contributed by atoms with E-state index in [0.29, 0.717) is 5.76 Å². The highest BCUT2D eigenvalue weighted by Gasteiger charge is 2.12. The number of rotatable bonds is 6. The monoisotopic (exact) mass is 236 g/mol. The van der Waals surface area contributed by atoms with Crippen molar-refractivity contribution >= 4 is 5.97 Å². The maximum atomic E-state index is 10.6. The molecule has 3 heteroatoms. The minimum atomic E-state index is -0.849. The molecule has 0 aromatic carbocycles. The minimum Gasteiger partial charge on any atom is -0.512 e.